The van der Waals surface area contributed by atoms with E-state index < -0.39 is 10.0 Å². The summed E-state index contributed by atoms with van der Waals surface area (Å²) < 4.78 is 25.8. The Morgan fingerprint density at radius 2 is 1.83 bits per heavy atom. The molecule has 0 radical (unpaired) electrons. The molecule has 1 aromatic carbocycles. The predicted octanol–water partition coefficient (Wildman–Crippen LogP) is 0.583. The molecule has 2 aliphatic heterocycles. The van der Waals surface area contributed by atoms with Gasteiger partial charge in [0.1, 0.15) is 4.90 Å². The van der Waals surface area contributed by atoms with Gasteiger partial charge >= 0.3 is 0 Å². The highest BCUT2D eigenvalue weighted by Gasteiger charge is 2.44. The fourth-order valence-electron chi connectivity index (χ4n) is 2.61. The minimum Gasteiger partial charge on any atom is -0.317 e. The van der Waals surface area contributed by atoms with Crippen LogP contribution in [0.25, 0.3) is 0 Å². The normalized spacial score (nSPS) is 23.1. The van der Waals surface area contributed by atoms with Crippen LogP contribution in [0.2, 0.25) is 0 Å². The Morgan fingerprint density at radius 1 is 1.17 bits per heavy atom. The highest BCUT2D eigenvalue weighted by Crippen LogP contribution is 2.33. The first kappa shape index (κ1) is 11.7. The summed E-state index contributed by atoms with van der Waals surface area (Å²) in [5.74, 6) is -0.377. The van der Waals surface area contributed by atoms with E-state index in [2.05, 4.69) is 5.32 Å². The Morgan fingerprint density at radius 3 is 2.50 bits per heavy atom. The van der Waals surface area contributed by atoms with Crippen molar-refractivity contribution in [1.82, 2.24) is 9.62 Å². The molecular weight excluding hydrogens is 252 g/mol. The molecule has 1 fully saturated rings. The minimum absolute atomic E-state index is 0.147. The van der Waals surface area contributed by atoms with E-state index in [1.54, 1.807) is 18.2 Å². The molecule has 0 aliphatic carbocycles. The van der Waals surface area contributed by atoms with E-state index in [-0.39, 0.29) is 16.8 Å². The Labute approximate surface area is 106 Å². The number of benzene rings is 1. The zero-order chi connectivity index (χ0) is 12.8. The molecule has 0 bridgehead atoms. The largest absolute Gasteiger partial charge is 0.317 e. The third-order valence-corrected chi connectivity index (χ3v) is 5.39. The van der Waals surface area contributed by atoms with E-state index in [0.29, 0.717) is 18.4 Å². The first-order chi connectivity index (χ1) is 8.62. The van der Waals surface area contributed by atoms with Gasteiger partial charge in [0, 0.05) is 0 Å². The molecular formula is C12H14N2O3S. The van der Waals surface area contributed by atoms with Gasteiger partial charge in [-0.05, 0) is 38.1 Å². The van der Waals surface area contributed by atoms with Gasteiger partial charge in [0.15, 0.2) is 0 Å². The van der Waals surface area contributed by atoms with Crippen molar-refractivity contribution in [2.45, 2.75) is 23.8 Å². The smallest absolute Gasteiger partial charge is 0.269 e. The predicted molar refractivity (Wildman–Crippen MR) is 65.7 cm³/mol. The van der Waals surface area contributed by atoms with Crippen molar-refractivity contribution < 1.29 is 13.2 Å². The molecule has 2 aliphatic rings. The molecule has 0 saturated carbocycles. The molecule has 1 amide bonds. The Balaban J connectivity index is 2.06. The summed E-state index contributed by atoms with van der Waals surface area (Å²) in [6.07, 6.45) is 1.36. The van der Waals surface area contributed by atoms with Crippen LogP contribution >= 0.6 is 0 Å². The summed E-state index contributed by atoms with van der Waals surface area (Å²) >= 11 is 0. The van der Waals surface area contributed by atoms with Crippen molar-refractivity contribution in [2.24, 2.45) is 0 Å². The second-order valence-corrected chi connectivity index (χ2v) is 6.37. The molecule has 1 aromatic rings. The molecule has 0 aromatic heterocycles. The average molecular weight is 266 g/mol. The maximum Gasteiger partial charge on any atom is 0.269 e. The SMILES string of the molecule is O=C1c2ccccc2S(=O)(=O)N1C1CCNCC1. The summed E-state index contributed by atoms with van der Waals surface area (Å²) in [6.45, 7) is 1.50. The van der Waals surface area contributed by atoms with Crippen molar-refractivity contribution >= 4 is 15.9 Å². The number of carbonyl (C=O) groups excluding carboxylic acids is 1. The monoisotopic (exact) mass is 266 g/mol. The second kappa shape index (κ2) is 4.07. The Bertz CT molecular complexity index is 591. The zero-order valence-corrected chi connectivity index (χ0v) is 10.6. The molecule has 0 spiro atoms. The van der Waals surface area contributed by atoms with Crippen molar-refractivity contribution in [3.8, 4) is 0 Å². The number of amides is 1. The number of hydrogen-bond donors (Lipinski definition) is 1. The molecule has 3 rings (SSSR count). The van der Waals surface area contributed by atoms with Crippen LogP contribution in [0.5, 0.6) is 0 Å². The van der Waals surface area contributed by atoms with Crippen LogP contribution in [0, 0.1) is 0 Å². The van der Waals surface area contributed by atoms with E-state index in [1.807, 2.05) is 0 Å². The van der Waals surface area contributed by atoms with E-state index in [0.717, 1.165) is 17.4 Å². The van der Waals surface area contributed by atoms with Crippen LogP contribution in [-0.4, -0.2) is 37.8 Å². The van der Waals surface area contributed by atoms with Crippen molar-refractivity contribution in [3.63, 3.8) is 0 Å². The van der Waals surface area contributed by atoms with Crippen LogP contribution in [0.4, 0.5) is 0 Å². The van der Waals surface area contributed by atoms with Gasteiger partial charge < -0.3 is 5.32 Å². The van der Waals surface area contributed by atoms with Crippen LogP contribution in [0.3, 0.4) is 0 Å². The van der Waals surface area contributed by atoms with Crippen molar-refractivity contribution in [3.05, 3.63) is 29.8 Å². The number of sulfonamides is 1. The second-order valence-electron chi connectivity index (χ2n) is 4.58. The first-order valence-electron chi connectivity index (χ1n) is 6.01. The Kier molecular flexibility index (Phi) is 2.64. The van der Waals surface area contributed by atoms with Crippen molar-refractivity contribution in [2.75, 3.05) is 13.1 Å². The zero-order valence-electron chi connectivity index (χ0n) is 9.80. The minimum atomic E-state index is -3.64. The van der Waals surface area contributed by atoms with E-state index in [1.165, 1.54) is 6.07 Å². The third-order valence-electron chi connectivity index (χ3n) is 3.49. The molecule has 6 heteroatoms. The first-order valence-corrected chi connectivity index (χ1v) is 7.45. The number of nitrogens with zero attached hydrogens (tertiary/aromatic N) is 1. The highest BCUT2D eigenvalue weighted by molar-refractivity contribution is 7.90. The molecule has 1 saturated heterocycles. The molecule has 2 heterocycles. The van der Waals surface area contributed by atoms with Gasteiger partial charge in [-0.15, -0.1) is 0 Å². The molecule has 1 N–H and O–H groups in total. The summed E-state index contributed by atoms with van der Waals surface area (Å²) in [5, 5.41) is 3.17. The van der Waals surface area contributed by atoms with Gasteiger partial charge in [-0.1, -0.05) is 12.1 Å². The molecule has 18 heavy (non-hydrogen) atoms. The standard InChI is InChI=1S/C12H14N2O3S/c15-12-10-3-1-2-4-11(10)18(16,17)14(12)9-5-7-13-8-6-9/h1-4,9,13H,5-8H2. The van der Waals surface area contributed by atoms with Gasteiger partial charge in [0.25, 0.3) is 15.9 Å². The van der Waals surface area contributed by atoms with Crippen molar-refractivity contribution in [1.29, 1.82) is 0 Å². The topological polar surface area (TPSA) is 66.5 Å². The summed E-state index contributed by atoms with van der Waals surface area (Å²) in [5.41, 5.74) is 0.302. The van der Waals surface area contributed by atoms with E-state index in [9.17, 15) is 13.2 Å². The number of carbonyl (C=O) groups is 1. The van der Waals surface area contributed by atoms with Crippen LogP contribution < -0.4 is 5.32 Å². The fourth-order valence-corrected chi connectivity index (χ4v) is 4.42. The van der Waals surface area contributed by atoms with Crippen LogP contribution in [0.1, 0.15) is 23.2 Å². The fraction of sp³-hybridized carbons (Fsp3) is 0.417. The Hall–Kier alpha value is -1.40. The quantitative estimate of drug-likeness (QED) is 0.807. The van der Waals surface area contributed by atoms with Gasteiger partial charge in [0.05, 0.1) is 11.6 Å². The van der Waals surface area contributed by atoms with Crippen LogP contribution in [-0.2, 0) is 10.0 Å². The molecule has 96 valence electrons. The van der Waals surface area contributed by atoms with E-state index in [4.69, 9.17) is 0 Å². The summed E-state index contributed by atoms with van der Waals surface area (Å²) in [4.78, 5) is 12.4. The van der Waals surface area contributed by atoms with Gasteiger partial charge in [-0.25, -0.2) is 12.7 Å². The molecule has 5 nitrogen and oxygen atoms in total. The summed E-state index contributed by atoms with van der Waals surface area (Å²) in [7, 11) is -3.64. The van der Waals surface area contributed by atoms with Gasteiger partial charge in [-0.3, -0.25) is 4.79 Å². The number of fused-ring (bicyclic) bond motifs is 1. The maximum atomic E-state index is 12.4. The van der Waals surface area contributed by atoms with Gasteiger partial charge in [0.2, 0.25) is 0 Å². The lowest BCUT2D eigenvalue weighted by Crippen LogP contribution is -2.45. The van der Waals surface area contributed by atoms with Gasteiger partial charge in [-0.2, -0.15) is 0 Å². The number of nitrogens with one attached hydrogen (secondary N) is 1. The van der Waals surface area contributed by atoms with E-state index >= 15 is 0 Å². The lowest BCUT2D eigenvalue weighted by molar-refractivity contribution is 0.0814. The maximum absolute atomic E-state index is 12.4. The summed E-state index contributed by atoms with van der Waals surface area (Å²) in [6, 6.07) is 6.21. The molecule has 0 atom stereocenters. The third kappa shape index (κ3) is 1.56. The highest BCUT2D eigenvalue weighted by atomic mass is 32.2. The van der Waals surface area contributed by atoms with Crippen LogP contribution in [0.15, 0.2) is 29.2 Å². The lowest BCUT2D eigenvalue weighted by atomic mass is 10.1. The lowest BCUT2D eigenvalue weighted by Gasteiger charge is -2.30. The number of piperidine rings is 1. The number of hydrogen-bond acceptors (Lipinski definition) is 4. The average Bonchev–Trinajstić information content (AvgIpc) is 2.59. The number of rotatable bonds is 1. The molecule has 0 unspecified atom stereocenters.